The molecule has 2 atom stereocenters. The molecule has 66 valence electrons. The van der Waals surface area contributed by atoms with Crippen molar-refractivity contribution in [2.24, 2.45) is 11.7 Å². The van der Waals surface area contributed by atoms with Crippen LogP contribution in [-0.2, 0) is 0 Å². The molecule has 1 heterocycles. The Labute approximate surface area is 73.8 Å². The SMILES string of the molecule is CC(CN)C(C)c1ccccn1. The van der Waals surface area contributed by atoms with E-state index >= 15 is 0 Å². The summed E-state index contributed by atoms with van der Waals surface area (Å²) in [6.07, 6.45) is 1.83. The summed E-state index contributed by atoms with van der Waals surface area (Å²) in [7, 11) is 0. The van der Waals surface area contributed by atoms with Crippen LogP contribution in [0.3, 0.4) is 0 Å². The Kier molecular flexibility index (Phi) is 3.23. The number of hydrogen-bond donors (Lipinski definition) is 1. The van der Waals surface area contributed by atoms with Crippen LogP contribution >= 0.6 is 0 Å². The molecule has 0 fully saturated rings. The third-order valence-corrected chi connectivity index (χ3v) is 2.38. The largest absolute Gasteiger partial charge is 0.330 e. The molecule has 1 aromatic rings. The van der Waals surface area contributed by atoms with E-state index in [4.69, 9.17) is 5.73 Å². The first-order valence-electron chi connectivity index (χ1n) is 4.36. The zero-order valence-corrected chi connectivity index (χ0v) is 7.70. The second kappa shape index (κ2) is 4.21. The number of nitrogens with zero attached hydrogens (tertiary/aromatic N) is 1. The molecule has 2 nitrogen and oxygen atoms in total. The van der Waals surface area contributed by atoms with E-state index in [1.165, 1.54) is 0 Å². The normalized spacial score (nSPS) is 15.6. The number of aromatic nitrogens is 1. The van der Waals surface area contributed by atoms with Crippen molar-refractivity contribution < 1.29 is 0 Å². The lowest BCUT2D eigenvalue weighted by molar-refractivity contribution is 0.489. The first kappa shape index (κ1) is 9.20. The molecule has 1 aromatic heterocycles. The van der Waals surface area contributed by atoms with Crippen molar-refractivity contribution in [1.82, 2.24) is 4.98 Å². The molecule has 0 aliphatic heterocycles. The van der Waals surface area contributed by atoms with E-state index in [2.05, 4.69) is 24.9 Å². The molecule has 0 bridgehead atoms. The zero-order valence-electron chi connectivity index (χ0n) is 7.70. The van der Waals surface area contributed by atoms with Crippen molar-refractivity contribution in [2.75, 3.05) is 6.54 Å². The zero-order chi connectivity index (χ0) is 8.97. The minimum atomic E-state index is 0.455. The second-order valence-corrected chi connectivity index (χ2v) is 3.26. The fourth-order valence-corrected chi connectivity index (χ4v) is 1.14. The minimum Gasteiger partial charge on any atom is -0.330 e. The van der Waals surface area contributed by atoms with Crippen molar-refractivity contribution in [3.8, 4) is 0 Å². The average molecular weight is 164 g/mol. The fourth-order valence-electron chi connectivity index (χ4n) is 1.14. The maximum atomic E-state index is 5.58. The summed E-state index contributed by atoms with van der Waals surface area (Å²) in [5.41, 5.74) is 6.72. The Bertz CT molecular complexity index is 221. The third kappa shape index (κ3) is 2.05. The van der Waals surface area contributed by atoms with Crippen LogP contribution in [0.2, 0.25) is 0 Å². The molecule has 0 saturated heterocycles. The summed E-state index contributed by atoms with van der Waals surface area (Å²) in [6.45, 7) is 5.04. The predicted molar refractivity (Wildman–Crippen MR) is 50.9 cm³/mol. The molecule has 0 aliphatic rings. The highest BCUT2D eigenvalue weighted by Crippen LogP contribution is 2.20. The summed E-state index contributed by atoms with van der Waals surface area (Å²) in [6, 6.07) is 6.00. The monoisotopic (exact) mass is 164 g/mol. The molecule has 12 heavy (non-hydrogen) atoms. The van der Waals surface area contributed by atoms with E-state index in [1.54, 1.807) is 0 Å². The summed E-state index contributed by atoms with van der Waals surface area (Å²) >= 11 is 0. The van der Waals surface area contributed by atoms with Crippen LogP contribution in [0.15, 0.2) is 24.4 Å². The van der Waals surface area contributed by atoms with Crippen LogP contribution in [0.4, 0.5) is 0 Å². The van der Waals surface area contributed by atoms with Crippen LogP contribution < -0.4 is 5.73 Å². The molecule has 0 amide bonds. The Morgan fingerprint density at radius 1 is 1.42 bits per heavy atom. The van der Waals surface area contributed by atoms with E-state index in [-0.39, 0.29) is 0 Å². The van der Waals surface area contributed by atoms with Gasteiger partial charge in [-0.15, -0.1) is 0 Å². The van der Waals surface area contributed by atoms with E-state index in [9.17, 15) is 0 Å². The van der Waals surface area contributed by atoms with Crippen molar-refractivity contribution >= 4 is 0 Å². The molecule has 0 spiro atoms. The fraction of sp³-hybridized carbons (Fsp3) is 0.500. The van der Waals surface area contributed by atoms with Gasteiger partial charge in [0.05, 0.1) is 0 Å². The smallest absolute Gasteiger partial charge is 0.0434 e. The van der Waals surface area contributed by atoms with E-state index in [1.807, 2.05) is 18.3 Å². The van der Waals surface area contributed by atoms with Gasteiger partial charge in [-0.3, -0.25) is 4.98 Å². The molecule has 2 heteroatoms. The van der Waals surface area contributed by atoms with Gasteiger partial charge in [-0.25, -0.2) is 0 Å². The lowest BCUT2D eigenvalue weighted by Crippen LogP contribution is -2.17. The van der Waals surface area contributed by atoms with Crippen molar-refractivity contribution in [3.63, 3.8) is 0 Å². The lowest BCUT2D eigenvalue weighted by Gasteiger charge is -2.16. The van der Waals surface area contributed by atoms with Gasteiger partial charge in [-0.2, -0.15) is 0 Å². The van der Waals surface area contributed by atoms with Crippen LogP contribution in [0, 0.1) is 5.92 Å². The maximum Gasteiger partial charge on any atom is 0.0434 e. The average Bonchev–Trinajstić information content (AvgIpc) is 2.17. The highest BCUT2D eigenvalue weighted by Gasteiger charge is 2.12. The Morgan fingerprint density at radius 3 is 2.67 bits per heavy atom. The Balaban J connectivity index is 2.71. The summed E-state index contributed by atoms with van der Waals surface area (Å²) in [5.74, 6) is 0.955. The van der Waals surface area contributed by atoms with Gasteiger partial charge in [0, 0.05) is 17.8 Å². The van der Waals surface area contributed by atoms with Crippen molar-refractivity contribution in [3.05, 3.63) is 30.1 Å². The predicted octanol–water partition coefficient (Wildman–Crippen LogP) is 1.78. The summed E-state index contributed by atoms with van der Waals surface area (Å²) < 4.78 is 0. The summed E-state index contributed by atoms with van der Waals surface area (Å²) in [5, 5.41) is 0. The quantitative estimate of drug-likeness (QED) is 0.739. The van der Waals surface area contributed by atoms with Crippen LogP contribution in [0.5, 0.6) is 0 Å². The van der Waals surface area contributed by atoms with Gasteiger partial charge >= 0.3 is 0 Å². The molecule has 0 saturated carbocycles. The van der Waals surface area contributed by atoms with Gasteiger partial charge in [0.1, 0.15) is 0 Å². The number of pyridine rings is 1. The van der Waals surface area contributed by atoms with Gasteiger partial charge in [-0.05, 0) is 24.6 Å². The third-order valence-electron chi connectivity index (χ3n) is 2.38. The topological polar surface area (TPSA) is 38.9 Å². The highest BCUT2D eigenvalue weighted by atomic mass is 14.7. The van der Waals surface area contributed by atoms with Gasteiger partial charge < -0.3 is 5.73 Å². The Hall–Kier alpha value is -0.890. The van der Waals surface area contributed by atoms with Crippen LogP contribution in [0.25, 0.3) is 0 Å². The summed E-state index contributed by atoms with van der Waals surface area (Å²) in [4.78, 5) is 4.29. The van der Waals surface area contributed by atoms with E-state index in [0.717, 1.165) is 12.2 Å². The molecule has 0 radical (unpaired) electrons. The first-order valence-corrected chi connectivity index (χ1v) is 4.36. The lowest BCUT2D eigenvalue weighted by atomic mass is 9.93. The van der Waals surface area contributed by atoms with Crippen molar-refractivity contribution in [1.29, 1.82) is 0 Å². The van der Waals surface area contributed by atoms with Gasteiger partial charge in [-0.1, -0.05) is 19.9 Å². The molecule has 0 aromatic carbocycles. The molecule has 2 N–H and O–H groups in total. The molecular weight excluding hydrogens is 148 g/mol. The van der Waals surface area contributed by atoms with Crippen molar-refractivity contribution in [2.45, 2.75) is 19.8 Å². The molecule has 2 unspecified atom stereocenters. The number of hydrogen-bond acceptors (Lipinski definition) is 2. The highest BCUT2D eigenvalue weighted by molar-refractivity contribution is 5.09. The van der Waals surface area contributed by atoms with Gasteiger partial charge in [0.15, 0.2) is 0 Å². The Morgan fingerprint density at radius 2 is 2.17 bits per heavy atom. The number of rotatable bonds is 3. The van der Waals surface area contributed by atoms with E-state index < -0.39 is 0 Å². The number of nitrogens with two attached hydrogens (primary N) is 1. The minimum absolute atomic E-state index is 0.455. The molecule has 0 aliphatic carbocycles. The molecule has 1 rings (SSSR count). The van der Waals surface area contributed by atoms with Gasteiger partial charge in [0.2, 0.25) is 0 Å². The molecular formula is C10H16N2. The maximum absolute atomic E-state index is 5.58. The van der Waals surface area contributed by atoms with Gasteiger partial charge in [0.25, 0.3) is 0 Å². The van der Waals surface area contributed by atoms with Crippen LogP contribution in [0.1, 0.15) is 25.5 Å². The van der Waals surface area contributed by atoms with Crippen LogP contribution in [-0.4, -0.2) is 11.5 Å². The standard InChI is InChI=1S/C10H16N2/c1-8(7-11)9(2)10-5-3-4-6-12-10/h3-6,8-9H,7,11H2,1-2H3. The first-order chi connectivity index (χ1) is 5.75. The van der Waals surface area contributed by atoms with E-state index in [0.29, 0.717) is 11.8 Å². The second-order valence-electron chi connectivity index (χ2n) is 3.26.